The van der Waals surface area contributed by atoms with Gasteiger partial charge in [-0.2, -0.15) is 0 Å². The van der Waals surface area contributed by atoms with Gasteiger partial charge in [0.1, 0.15) is 12.7 Å². The van der Waals surface area contributed by atoms with E-state index in [2.05, 4.69) is 11.5 Å². The highest BCUT2D eigenvalue weighted by atomic mass is 31.2. The fraction of sp³-hybridized carbons (Fsp3) is 0.750. The summed E-state index contributed by atoms with van der Waals surface area (Å²) in [5.41, 5.74) is 0.694. The molecule has 0 radical (unpaired) electrons. The Morgan fingerprint density at radius 2 is 1.24 bits per heavy atom. The summed E-state index contributed by atoms with van der Waals surface area (Å²) < 4.78 is 2.10. The van der Waals surface area contributed by atoms with E-state index in [1.807, 2.05) is 12.4 Å². The third-order valence-corrected chi connectivity index (χ3v) is 5.40. The molecule has 0 aliphatic heterocycles. The Morgan fingerprint density at radius 3 is 1.68 bits per heavy atom. The van der Waals surface area contributed by atoms with Gasteiger partial charge in [0.25, 0.3) is 0 Å². The molecular formula is C20H37NO3P+. The van der Waals surface area contributed by atoms with Crippen molar-refractivity contribution in [1.29, 1.82) is 0 Å². The van der Waals surface area contributed by atoms with E-state index in [1.165, 1.54) is 77.0 Å². The molecule has 4 nitrogen and oxygen atoms in total. The maximum Gasteiger partial charge on any atom is 0.234 e. The average molecular weight is 370 g/mol. The second-order valence-corrected chi connectivity index (χ2v) is 8.80. The second kappa shape index (κ2) is 13.6. The molecule has 5 heteroatoms. The Hall–Kier alpha value is -0.540. The number of hydrogen-bond acceptors (Lipinski definition) is 3. The Balaban J connectivity index is 1.96. The van der Waals surface area contributed by atoms with Crippen LogP contribution in [0.15, 0.2) is 24.5 Å². The third-order valence-electron chi connectivity index (χ3n) is 4.62. The van der Waals surface area contributed by atoms with Crippen LogP contribution in [0.3, 0.4) is 0 Å². The summed E-state index contributed by atoms with van der Waals surface area (Å²) in [6, 6.07) is 3.61. The van der Waals surface area contributed by atoms with Gasteiger partial charge in [-0.1, -0.05) is 71.1 Å². The van der Waals surface area contributed by atoms with Gasteiger partial charge in [-0.3, -0.25) is 0 Å². The third kappa shape index (κ3) is 13.3. The first-order valence-electron chi connectivity index (χ1n) is 10.0. The van der Waals surface area contributed by atoms with Crippen LogP contribution in [0.5, 0.6) is 0 Å². The molecule has 0 saturated heterocycles. The van der Waals surface area contributed by atoms with Gasteiger partial charge >= 0.3 is 0 Å². The van der Waals surface area contributed by atoms with Crippen LogP contribution in [-0.2, 0) is 12.7 Å². The molecule has 0 bridgehead atoms. The predicted octanol–water partition coefficient (Wildman–Crippen LogP) is 4.28. The minimum absolute atomic E-state index is 0.174. The first-order valence-corrected chi connectivity index (χ1v) is 11.8. The lowest BCUT2D eigenvalue weighted by Gasteiger charge is -2.14. The molecule has 144 valence electrons. The van der Waals surface area contributed by atoms with Gasteiger partial charge in [0.15, 0.2) is 12.4 Å². The Morgan fingerprint density at radius 1 is 0.800 bits per heavy atom. The molecule has 0 aromatic carbocycles. The summed E-state index contributed by atoms with van der Waals surface area (Å²) in [7, 11) is -3.96. The van der Waals surface area contributed by atoms with Crippen LogP contribution in [0.25, 0.3) is 0 Å². The minimum atomic E-state index is -3.96. The van der Waals surface area contributed by atoms with Gasteiger partial charge in [-0.25, -0.2) is 14.4 Å². The lowest BCUT2D eigenvalue weighted by Crippen LogP contribution is -2.32. The molecule has 1 aromatic heterocycles. The molecule has 1 aromatic rings. The molecular weight excluding hydrogens is 333 g/mol. The molecule has 1 rings (SSSR count). The first kappa shape index (κ1) is 22.5. The first-order chi connectivity index (χ1) is 12.0. The van der Waals surface area contributed by atoms with E-state index in [4.69, 9.17) is 9.79 Å². The monoisotopic (exact) mass is 370 g/mol. The fourth-order valence-corrected chi connectivity index (χ4v) is 3.80. The number of aryl methyl sites for hydroxylation is 1. The van der Waals surface area contributed by atoms with Gasteiger partial charge < -0.3 is 4.89 Å². The maximum atomic E-state index is 11.0. The number of nitrogens with zero attached hydrogens (tertiary/aromatic N) is 1. The fourth-order valence-electron chi connectivity index (χ4n) is 3.12. The van der Waals surface area contributed by atoms with E-state index >= 15 is 0 Å². The van der Waals surface area contributed by atoms with Crippen molar-refractivity contribution in [2.24, 2.45) is 0 Å². The van der Waals surface area contributed by atoms with Crippen molar-refractivity contribution < 1.29 is 19.2 Å². The van der Waals surface area contributed by atoms with Crippen molar-refractivity contribution in [3.05, 3.63) is 30.1 Å². The number of aromatic nitrogens is 1. The Kier molecular flexibility index (Phi) is 12.3. The molecule has 0 fully saturated rings. The van der Waals surface area contributed by atoms with Crippen molar-refractivity contribution in [1.82, 2.24) is 0 Å². The van der Waals surface area contributed by atoms with Crippen LogP contribution in [0.2, 0.25) is 0 Å². The topological polar surface area (TPSA) is 67.4 Å². The van der Waals surface area contributed by atoms with Crippen LogP contribution in [0.1, 0.15) is 89.5 Å². The highest BCUT2D eigenvalue weighted by Gasteiger charge is 2.19. The number of hydrogen-bond donors (Lipinski definition) is 2. The minimum Gasteiger partial charge on any atom is -0.632 e. The molecule has 0 aliphatic carbocycles. The smallest absolute Gasteiger partial charge is 0.234 e. The Bertz CT molecular complexity index is 432. The van der Waals surface area contributed by atoms with Gasteiger partial charge in [0.05, 0.1) is 0 Å². The number of pyridine rings is 1. The van der Waals surface area contributed by atoms with Crippen LogP contribution >= 0.6 is 7.94 Å². The molecule has 25 heavy (non-hydrogen) atoms. The summed E-state index contributed by atoms with van der Waals surface area (Å²) >= 11 is 0. The van der Waals surface area contributed by atoms with Crippen LogP contribution in [0.4, 0.5) is 0 Å². The molecule has 0 spiro atoms. The highest BCUT2D eigenvalue weighted by Crippen LogP contribution is 2.42. The van der Waals surface area contributed by atoms with E-state index in [0.717, 1.165) is 6.54 Å². The summed E-state index contributed by atoms with van der Waals surface area (Å²) in [6.07, 6.45) is 19.9. The number of unbranched alkanes of at least 4 members (excludes halogenated alkanes) is 11. The van der Waals surface area contributed by atoms with E-state index in [0.29, 0.717) is 5.56 Å². The molecule has 0 saturated carbocycles. The molecule has 2 N–H and O–H groups in total. The molecule has 1 heterocycles. The van der Waals surface area contributed by atoms with Gasteiger partial charge in [0, 0.05) is 24.1 Å². The van der Waals surface area contributed by atoms with Crippen molar-refractivity contribution >= 4 is 7.94 Å². The zero-order valence-electron chi connectivity index (χ0n) is 15.9. The SMILES string of the molecule is CCCCCCCCCCCCCC[n+]1ccc(C[P+]([O-])(O)O)cc1. The van der Waals surface area contributed by atoms with Crippen molar-refractivity contribution in [3.8, 4) is 0 Å². The zero-order chi connectivity index (χ0) is 18.4. The summed E-state index contributed by atoms with van der Waals surface area (Å²) in [5.74, 6) is 0. The quantitative estimate of drug-likeness (QED) is 0.275. The summed E-state index contributed by atoms with van der Waals surface area (Å²) in [5, 5.41) is 0. The van der Waals surface area contributed by atoms with Gasteiger partial charge in [-0.15, -0.1) is 0 Å². The standard InChI is InChI=1S/C20H36NO3P/c1-2-3-4-5-6-7-8-9-10-11-12-13-16-21-17-14-20(15-18-21)19-25(22,23)24/h14-15,17-18H,2-13,16,19H2,1H3,(H-,22,23,24)/p+1. The summed E-state index contributed by atoms with van der Waals surface area (Å²) in [6.45, 7) is 3.24. The van der Waals surface area contributed by atoms with Gasteiger partial charge in [0.2, 0.25) is 7.94 Å². The average Bonchev–Trinajstić information content (AvgIpc) is 2.56. The van der Waals surface area contributed by atoms with Crippen molar-refractivity contribution in [2.75, 3.05) is 0 Å². The Labute approximate surface area is 154 Å². The zero-order valence-corrected chi connectivity index (χ0v) is 16.8. The van der Waals surface area contributed by atoms with Crippen LogP contribution < -0.4 is 9.46 Å². The largest absolute Gasteiger partial charge is 0.632 e. The predicted molar refractivity (Wildman–Crippen MR) is 103 cm³/mol. The van der Waals surface area contributed by atoms with E-state index < -0.39 is 7.94 Å². The van der Waals surface area contributed by atoms with E-state index in [9.17, 15) is 4.89 Å². The summed E-state index contributed by atoms with van der Waals surface area (Å²) in [4.78, 5) is 28.9. The lowest BCUT2D eigenvalue weighted by atomic mass is 10.1. The second-order valence-electron chi connectivity index (χ2n) is 7.16. The van der Waals surface area contributed by atoms with E-state index in [1.54, 1.807) is 12.1 Å². The molecule has 0 atom stereocenters. The van der Waals surface area contributed by atoms with E-state index in [-0.39, 0.29) is 6.16 Å². The molecule has 0 unspecified atom stereocenters. The lowest BCUT2D eigenvalue weighted by molar-refractivity contribution is -0.697. The van der Waals surface area contributed by atoms with Crippen LogP contribution in [0, 0.1) is 0 Å². The highest BCUT2D eigenvalue weighted by molar-refractivity contribution is 7.56. The van der Waals surface area contributed by atoms with Crippen molar-refractivity contribution in [2.45, 2.75) is 96.7 Å². The normalized spacial score (nSPS) is 11.8. The van der Waals surface area contributed by atoms with Gasteiger partial charge in [-0.05, 0) is 6.42 Å². The molecule has 0 amide bonds. The van der Waals surface area contributed by atoms with Crippen LogP contribution in [-0.4, -0.2) is 9.79 Å². The number of rotatable bonds is 15. The molecule has 0 aliphatic rings. The maximum absolute atomic E-state index is 11.0. The van der Waals surface area contributed by atoms with Crippen molar-refractivity contribution in [3.63, 3.8) is 0 Å².